The van der Waals surface area contributed by atoms with E-state index >= 15 is 0 Å². The van der Waals surface area contributed by atoms with Crippen molar-refractivity contribution in [3.05, 3.63) is 35.8 Å². The van der Waals surface area contributed by atoms with Crippen LogP contribution in [0.3, 0.4) is 0 Å². The smallest absolute Gasteiger partial charge is 0.0900 e. The predicted molar refractivity (Wildman–Crippen MR) is 59.8 cm³/mol. The van der Waals surface area contributed by atoms with Crippen molar-refractivity contribution in [1.29, 1.82) is 0 Å². The Hall–Kier alpha value is -1.55. The molecule has 1 rings (SSSR count). The van der Waals surface area contributed by atoms with Crippen molar-refractivity contribution in [3.8, 4) is 0 Å². The fourth-order valence-corrected chi connectivity index (χ4v) is 0.835. The normalized spacial score (nSPS) is 10.1. The van der Waals surface area contributed by atoms with Gasteiger partial charge in [-0.25, -0.2) is 0 Å². The Morgan fingerprint density at radius 1 is 1.43 bits per heavy atom. The molecule has 0 unspecified atom stereocenters. The number of hydrogen-bond donors (Lipinski definition) is 3. The van der Waals surface area contributed by atoms with Crippen LogP contribution in [0.1, 0.15) is 25.1 Å². The van der Waals surface area contributed by atoms with Gasteiger partial charge in [-0.1, -0.05) is 19.9 Å². The van der Waals surface area contributed by atoms with Crippen LogP contribution in [0.5, 0.6) is 0 Å². The highest BCUT2D eigenvalue weighted by Crippen LogP contribution is 2.05. The number of hydrogen-bond acceptors (Lipinski definition) is 4. The molecule has 4 heteroatoms. The fraction of sp³-hybridized carbons (Fsp3) is 0.300. The molecule has 0 amide bonds. The zero-order chi connectivity index (χ0) is 11.0. The maximum absolute atomic E-state index is 5.31. The number of aromatic nitrogens is 1. The van der Waals surface area contributed by atoms with Crippen LogP contribution in [0.15, 0.2) is 24.5 Å². The summed E-state index contributed by atoms with van der Waals surface area (Å²) in [5.74, 6) is 5.22. The maximum atomic E-state index is 5.31. The summed E-state index contributed by atoms with van der Waals surface area (Å²) in [6.45, 7) is 5.97. The highest BCUT2D eigenvalue weighted by Gasteiger charge is 1.98. The zero-order valence-corrected chi connectivity index (χ0v) is 8.91. The van der Waals surface area contributed by atoms with Crippen molar-refractivity contribution in [3.63, 3.8) is 0 Å². The second kappa shape index (κ2) is 6.91. The van der Waals surface area contributed by atoms with Gasteiger partial charge in [0.05, 0.1) is 11.4 Å². The number of hydrazine groups is 1. The molecule has 0 atom stereocenters. The molecular weight excluding hydrogens is 176 g/mol. The Labute approximate surface area is 85.0 Å². The molecule has 4 nitrogen and oxygen atoms in total. The van der Waals surface area contributed by atoms with Crippen molar-refractivity contribution in [2.45, 2.75) is 20.8 Å². The molecule has 0 radical (unpaired) electrons. The molecular formula is C10H18N4. The van der Waals surface area contributed by atoms with Gasteiger partial charge in [-0.15, -0.1) is 0 Å². The second-order valence-electron chi connectivity index (χ2n) is 2.45. The molecule has 0 saturated carbocycles. The Kier molecular flexibility index (Phi) is 6.15. The second-order valence-corrected chi connectivity index (χ2v) is 2.45. The van der Waals surface area contributed by atoms with Gasteiger partial charge >= 0.3 is 0 Å². The number of nitrogens with one attached hydrogen (secondary N) is 1. The van der Waals surface area contributed by atoms with Crippen molar-refractivity contribution in [2.75, 3.05) is 0 Å². The first-order valence-corrected chi connectivity index (χ1v) is 4.59. The lowest BCUT2D eigenvalue weighted by Gasteiger charge is -2.03. The van der Waals surface area contributed by atoms with Crippen LogP contribution < -0.4 is 17.0 Å². The lowest BCUT2D eigenvalue weighted by atomic mass is 10.2. The Balaban J connectivity index is 0.000000791. The minimum Gasteiger partial charge on any atom is -0.403 e. The molecule has 0 aliphatic carbocycles. The van der Waals surface area contributed by atoms with E-state index in [0.717, 1.165) is 11.3 Å². The molecule has 1 heterocycles. The van der Waals surface area contributed by atoms with E-state index in [1.807, 2.05) is 32.9 Å². The number of rotatable bonds is 2. The van der Waals surface area contributed by atoms with Gasteiger partial charge in [0.25, 0.3) is 0 Å². The van der Waals surface area contributed by atoms with Gasteiger partial charge in [-0.05, 0) is 18.6 Å². The lowest BCUT2D eigenvalue weighted by Crippen LogP contribution is -2.21. The van der Waals surface area contributed by atoms with Crippen molar-refractivity contribution < 1.29 is 0 Å². The first kappa shape index (κ1) is 12.4. The summed E-state index contributed by atoms with van der Waals surface area (Å²) in [5, 5.41) is 0. The van der Waals surface area contributed by atoms with Gasteiger partial charge in [0.1, 0.15) is 0 Å². The third-order valence-corrected chi connectivity index (χ3v) is 1.51. The SMILES string of the molecule is CC.Cc1ccc(/C(=C/N)NN)nc1. The molecule has 5 N–H and O–H groups in total. The molecule has 1 aromatic heterocycles. The quantitative estimate of drug-likeness (QED) is 0.487. The van der Waals surface area contributed by atoms with Gasteiger partial charge in [0.15, 0.2) is 0 Å². The van der Waals surface area contributed by atoms with Gasteiger partial charge in [0.2, 0.25) is 0 Å². The predicted octanol–water partition coefficient (Wildman–Crippen LogP) is 1.14. The first-order valence-electron chi connectivity index (χ1n) is 4.59. The van der Waals surface area contributed by atoms with Crippen LogP contribution in [0.4, 0.5) is 0 Å². The summed E-state index contributed by atoms with van der Waals surface area (Å²) in [6.07, 6.45) is 3.15. The van der Waals surface area contributed by atoms with Crippen LogP contribution in [0, 0.1) is 6.92 Å². The summed E-state index contributed by atoms with van der Waals surface area (Å²) in [7, 11) is 0. The summed E-state index contributed by atoms with van der Waals surface area (Å²) in [6, 6.07) is 3.80. The molecule has 1 aromatic rings. The first-order chi connectivity index (χ1) is 6.77. The van der Waals surface area contributed by atoms with Gasteiger partial charge in [-0.2, -0.15) is 0 Å². The van der Waals surface area contributed by atoms with E-state index in [0.29, 0.717) is 5.70 Å². The molecule has 14 heavy (non-hydrogen) atoms. The van der Waals surface area contributed by atoms with E-state index in [1.165, 1.54) is 6.20 Å². The van der Waals surface area contributed by atoms with Crippen molar-refractivity contribution in [2.24, 2.45) is 11.6 Å². The Morgan fingerprint density at radius 3 is 2.43 bits per heavy atom. The summed E-state index contributed by atoms with van der Waals surface area (Å²) < 4.78 is 0. The fourth-order valence-electron chi connectivity index (χ4n) is 0.835. The number of nitrogens with two attached hydrogens (primary N) is 2. The van der Waals surface area contributed by atoms with E-state index in [-0.39, 0.29) is 0 Å². The minimum atomic E-state index is 0.620. The molecule has 0 saturated heterocycles. The average molecular weight is 194 g/mol. The third-order valence-electron chi connectivity index (χ3n) is 1.51. The van der Waals surface area contributed by atoms with E-state index in [2.05, 4.69) is 10.4 Å². The molecule has 0 spiro atoms. The monoisotopic (exact) mass is 194 g/mol. The third kappa shape index (κ3) is 3.45. The van der Waals surface area contributed by atoms with Crippen LogP contribution in [-0.2, 0) is 0 Å². The van der Waals surface area contributed by atoms with Crippen molar-refractivity contribution in [1.82, 2.24) is 10.4 Å². The van der Waals surface area contributed by atoms with Crippen LogP contribution >= 0.6 is 0 Å². The summed E-state index contributed by atoms with van der Waals surface area (Å²) in [4.78, 5) is 4.13. The standard InChI is InChI=1S/C8H12N4.C2H6/c1-6-2-3-7(11-5-6)8(4-9)12-10;1-2/h2-5,12H,9-10H2,1H3;1-2H3/b8-4-;. The zero-order valence-electron chi connectivity index (χ0n) is 8.91. The maximum Gasteiger partial charge on any atom is 0.0900 e. The molecule has 0 bridgehead atoms. The number of pyridine rings is 1. The highest BCUT2D eigenvalue weighted by atomic mass is 15.2. The van der Waals surface area contributed by atoms with Gasteiger partial charge < -0.3 is 11.2 Å². The number of aryl methyl sites for hydroxylation is 1. The minimum absolute atomic E-state index is 0.620. The summed E-state index contributed by atoms with van der Waals surface area (Å²) >= 11 is 0. The molecule has 78 valence electrons. The van der Waals surface area contributed by atoms with E-state index in [4.69, 9.17) is 11.6 Å². The summed E-state index contributed by atoms with van der Waals surface area (Å²) in [5.41, 5.74) is 10.2. The average Bonchev–Trinajstić information content (AvgIpc) is 2.25. The van der Waals surface area contributed by atoms with Crippen LogP contribution in [0.25, 0.3) is 5.70 Å². The number of nitrogens with zero attached hydrogens (tertiary/aromatic N) is 1. The van der Waals surface area contributed by atoms with Crippen LogP contribution in [-0.4, -0.2) is 4.98 Å². The van der Waals surface area contributed by atoms with E-state index in [9.17, 15) is 0 Å². The molecule has 0 aromatic carbocycles. The van der Waals surface area contributed by atoms with Gasteiger partial charge in [0, 0.05) is 12.4 Å². The lowest BCUT2D eigenvalue weighted by molar-refractivity contribution is 0.972. The Morgan fingerprint density at radius 2 is 2.07 bits per heavy atom. The molecule has 0 aliphatic heterocycles. The van der Waals surface area contributed by atoms with E-state index in [1.54, 1.807) is 6.20 Å². The van der Waals surface area contributed by atoms with E-state index < -0.39 is 0 Å². The highest BCUT2D eigenvalue weighted by molar-refractivity contribution is 5.59. The molecule has 0 fully saturated rings. The largest absolute Gasteiger partial charge is 0.403 e. The van der Waals surface area contributed by atoms with Crippen LogP contribution in [0.2, 0.25) is 0 Å². The van der Waals surface area contributed by atoms with Crippen molar-refractivity contribution >= 4 is 5.70 Å². The topological polar surface area (TPSA) is 77.0 Å². The molecule has 0 aliphatic rings. The van der Waals surface area contributed by atoms with Gasteiger partial charge in [-0.3, -0.25) is 10.8 Å². The Bertz CT molecular complexity index is 277.